The lowest BCUT2D eigenvalue weighted by atomic mass is 10.1. The summed E-state index contributed by atoms with van der Waals surface area (Å²) >= 11 is 0. The lowest BCUT2D eigenvalue weighted by molar-refractivity contribution is -0.150. The molecule has 0 amide bonds. The van der Waals surface area contributed by atoms with E-state index < -0.39 is 23.9 Å². The standard InChI is InChI=1S/C12H8O3.C5H6O4/c13-11-8-10(12(14)15-11)7-6-9-4-2-1-3-5-9;1-9-5(8)3-2-4(6)7/h1-8H;2-3H,1H3,(H,6,7)/b;3-2-. The van der Waals surface area contributed by atoms with Gasteiger partial charge < -0.3 is 14.6 Å². The summed E-state index contributed by atoms with van der Waals surface area (Å²) in [6.07, 6.45) is 6.06. The summed E-state index contributed by atoms with van der Waals surface area (Å²) in [5.74, 6) is -3.03. The third kappa shape index (κ3) is 6.99. The van der Waals surface area contributed by atoms with Gasteiger partial charge in [-0.1, -0.05) is 36.4 Å². The molecule has 124 valence electrons. The maximum Gasteiger partial charge on any atom is 0.346 e. The smallest absolute Gasteiger partial charge is 0.346 e. The first-order valence-electron chi connectivity index (χ1n) is 6.62. The van der Waals surface area contributed by atoms with Crippen LogP contribution in [-0.4, -0.2) is 36.1 Å². The van der Waals surface area contributed by atoms with E-state index >= 15 is 0 Å². The molecule has 7 nitrogen and oxygen atoms in total. The van der Waals surface area contributed by atoms with E-state index in [1.807, 2.05) is 30.3 Å². The molecule has 1 aliphatic heterocycles. The molecule has 7 heteroatoms. The number of carboxylic acid groups (broad SMARTS) is 1. The summed E-state index contributed by atoms with van der Waals surface area (Å²) in [5.41, 5.74) is 1.24. The number of benzene rings is 1. The molecule has 0 saturated carbocycles. The van der Waals surface area contributed by atoms with Gasteiger partial charge in [-0.2, -0.15) is 0 Å². The summed E-state index contributed by atoms with van der Waals surface area (Å²) in [6, 6.07) is 9.50. The van der Waals surface area contributed by atoms with Gasteiger partial charge in [0.1, 0.15) is 0 Å². The molecule has 0 radical (unpaired) electrons. The Bertz CT molecular complexity index is 712. The quantitative estimate of drug-likeness (QED) is 0.506. The zero-order chi connectivity index (χ0) is 17.9. The minimum absolute atomic E-state index is 0.281. The van der Waals surface area contributed by atoms with Gasteiger partial charge in [0.2, 0.25) is 0 Å². The summed E-state index contributed by atoms with van der Waals surface area (Å²) in [4.78, 5) is 41.6. The molecule has 1 N–H and O–H groups in total. The molecular weight excluding hydrogens is 316 g/mol. The molecule has 2 rings (SSSR count). The highest BCUT2D eigenvalue weighted by atomic mass is 16.6. The Morgan fingerprint density at radius 2 is 1.75 bits per heavy atom. The Morgan fingerprint density at radius 1 is 1.08 bits per heavy atom. The normalized spacial score (nSPS) is 13.3. The fourth-order valence-electron chi connectivity index (χ4n) is 1.44. The van der Waals surface area contributed by atoms with Crippen LogP contribution in [0.4, 0.5) is 0 Å². The number of carbonyl (C=O) groups excluding carboxylic acids is 3. The van der Waals surface area contributed by atoms with E-state index in [2.05, 4.69) is 9.47 Å². The molecule has 0 unspecified atom stereocenters. The monoisotopic (exact) mass is 330 g/mol. The molecule has 0 aromatic heterocycles. The number of hydrogen-bond donors (Lipinski definition) is 1. The van der Waals surface area contributed by atoms with Crippen LogP contribution in [0.25, 0.3) is 6.08 Å². The van der Waals surface area contributed by atoms with Crippen LogP contribution in [0.5, 0.6) is 0 Å². The van der Waals surface area contributed by atoms with Gasteiger partial charge in [-0.15, -0.1) is 0 Å². The van der Waals surface area contributed by atoms with Crippen molar-refractivity contribution in [1.82, 2.24) is 0 Å². The van der Waals surface area contributed by atoms with Crippen LogP contribution < -0.4 is 0 Å². The van der Waals surface area contributed by atoms with E-state index in [0.29, 0.717) is 6.08 Å². The van der Waals surface area contributed by atoms with Gasteiger partial charge in [-0.25, -0.2) is 19.2 Å². The number of carboxylic acids is 1. The molecule has 1 aliphatic rings. The van der Waals surface area contributed by atoms with E-state index in [9.17, 15) is 19.2 Å². The Kier molecular flexibility index (Phi) is 7.37. The van der Waals surface area contributed by atoms with Crippen LogP contribution in [0, 0.1) is 0 Å². The third-order valence-electron chi connectivity index (χ3n) is 2.52. The van der Waals surface area contributed by atoms with Crippen LogP contribution in [0.1, 0.15) is 5.56 Å². The molecule has 0 saturated heterocycles. The summed E-state index contributed by atoms with van der Waals surface area (Å²) in [6.45, 7) is 0. The highest BCUT2D eigenvalue weighted by molar-refractivity contribution is 6.11. The van der Waals surface area contributed by atoms with Crippen molar-refractivity contribution >= 4 is 30.0 Å². The molecule has 0 bridgehead atoms. The molecule has 24 heavy (non-hydrogen) atoms. The molecule has 0 spiro atoms. The zero-order valence-corrected chi connectivity index (χ0v) is 12.7. The maximum absolute atomic E-state index is 11.0. The number of aliphatic carboxylic acids is 1. The van der Waals surface area contributed by atoms with E-state index in [4.69, 9.17) is 5.11 Å². The Morgan fingerprint density at radius 3 is 2.25 bits per heavy atom. The molecule has 1 aromatic rings. The van der Waals surface area contributed by atoms with E-state index in [1.165, 1.54) is 13.2 Å². The minimum atomic E-state index is -1.17. The van der Waals surface area contributed by atoms with Gasteiger partial charge >= 0.3 is 23.9 Å². The lowest BCUT2D eigenvalue weighted by Crippen LogP contribution is -2.00. The number of methoxy groups -OCH3 is 1. The van der Waals surface area contributed by atoms with Gasteiger partial charge in [0.05, 0.1) is 12.7 Å². The summed E-state index contributed by atoms with van der Waals surface area (Å²) in [5, 5.41) is 7.96. The van der Waals surface area contributed by atoms with Crippen molar-refractivity contribution in [2.75, 3.05) is 7.11 Å². The predicted molar refractivity (Wildman–Crippen MR) is 83.4 cm³/mol. The lowest BCUT2D eigenvalue weighted by Gasteiger charge is -1.91. The second-order valence-corrected chi connectivity index (χ2v) is 4.25. The Hall–Kier alpha value is -3.48. The van der Waals surface area contributed by atoms with E-state index in [0.717, 1.165) is 11.6 Å². The fraction of sp³-hybridized carbons (Fsp3) is 0.0588. The number of cyclic esters (lactones) is 2. The molecule has 0 atom stereocenters. The van der Waals surface area contributed by atoms with Gasteiger partial charge in [0.25, 0.3) is 0 Å². The first kappa shape index (κ1) is 18.6. The number of rotatable bonds is 4. The topological polar surface area (TPSA) is 107 Å². The van der Waals surface area contributed by atoms with Crippen molar-refractivity contribution in [3.05, 3.63) is 65.8 Å². The second-order valence-electron chi connectivity index (χ2n) is 4.25. The first-order chi connectivity index (χ1) is 11.4. The van der Waals surface area contributed by atoms with Crippen molar-refractivity contribution in [2.24, 2.45) is 0 Å². The van der Waals surface area contributed by atoms with Crippen molar-refractivity contribution in [3.8, 4) is 0 Å². The predicted octanol–water partition coefficient (Wildman–Crippen LogP) is 1.51. The van der Waals surface area contributed by atoms with Crippen molar-refractivity contribution < 1.29 is 33.8 Å². The molecule has 0 aliphatic carbocycles. The van der Waals surface area contributed by atoms with E-state index in [-0.39, 0.29) is 5.57 Å². The van der Waals surface area contributed by atoms with Crippen LogP contribution in [-0.2, 0) is 28.7 Å². The van der Waals surface area contributed by atoms with Crippen molar-refractivity contribution in [1.29, 1.82) is 0 Å². The van der Waals surface area contributed by atoms with Gasteiger partial charge in [-0.3, -0.25) is 0 Å². The Labute approximate surface area is 137 Å². The largest absolute Gasteiger partial charge is 0.478 e. The molecular formula is C17H14O7. The van der Waals surface area contributed by atoms with Crippen LogP contribution in [0.2, 0.25) is 0 Å². The van der Waals surface area contributed by atoms with Crippen molar-refractivity contribution in [2.45, 2.75) is 0 Å². The number of ether oxygens (including phenoxy) is 2. The van der Waals surface area contributed by atoms with Crippen LogP contribution >= 0.6 is 0 Å². The minimum Gasteiger partial charge on any atom is -0.478 e. The number of esters is 3. The third-order valence-corrected chi connectivity index (χ3v) is 2.52. The average Bonchev–Trinajstić information content (AvgIpc) is 2.89. The summed E-state index contributed by atoms with van der Waals surface area (Å²) < 4.78 is 8.45. The second kappa shape index (κ2) is 9.52. The first-order valence-corrected chi connectivity index (χ1v) is 6.62. The SMILES string of the molecule is COC(=O)/C=C\C(=O)O.O=C1C=C(C=Cc2ccccc2)C(=O)O1. The zero-order valence-electron chi connectivity index (χ0n) is 12.7. The molecule has 1 aromatic carbocycles. The van der Waals surface area contributed by atoms with Gasteiger partial charge in [0.15, 0.2) is 0 Å². The van der Waals surface area contributed by atoms with Crippen LogP contribution in [0.15, 0.2) is 60.2 Å². The van der Waals surface area contributed by atoms with E-state index in [1.54, 1.807) is 12.2 Å². The van der Waals surface area contributed by atoms with Gasteiger partial charge in [0, 0.05) is 18.2 Å². The number of carbonyl (C=O) groups is 4. The highest BCUT2D eigenvalue weighted by Gasteiger charge is 2.20. The highest BCUT2D eigenvalue weighted by Crippen LogP contribution is 2.11. The van der Waals surface area contributed by atoms with Crippen LogP contribution in [0.3, 0.4) is 0 Å². The molecule has 0 fully saturated rings. The fourth-order valence-corrected chi connectivity index (χ4v) is 1.44. The average molecular weight is 330 g/mol. The molecule has 1 heterocycles. The summed E-state index contributed by atoms with van der Waals surface area (Å²) in [7, 11) is 1.18. The van der Waals surface area contributed by atoms with Crippen molar-refractivity contribution in [3.63, 3.8) is 0 Å². The Balaban J connectivity index is 0.000000277. The number of hydrogen-bond acceptors (Lipinski definition) is 6. The maximum atomic E-state index is 11.0. The van der Waals surface area contributed by atoms with Gasteiger partial charge in [-0.05, 0) is 11.6 Å².